The SMILES string of the molecule is CNCc1c(F)ccc(S(=O)(=O)NCC2CC2C)c1F. The van der Waals surface area contributed by atoms with Crippen LogP contribution in [0.5, 0.6) is 0 Å². The summed E-state index contributed by atoms with van der Waals surface area (Å²) >= 11 is 0. The zero-order valence-electron chi connectivity index (χ0n) is 11.4. The van der Waals surface area contributed by atoms with E-state index in [0.29, 0.717) is 18.4 Å². The van der Waals surface area contributed by atoms with E-state index in [2.05, 4.69) is 10.0 Å². The van der Waals surface area contributed by atoms with Crippen LogP contribution < -0.4 is 10.0 Å². The highest BCUT2D eigenvalue weighted by molar-refractivity contribution is 7.89. The van der Waals surface area contributed by atoms with Crippen LogP contribution in [0.15, 0.2) is 17.0 Å². The van der Waals surface area contributed by atoms with Crippen molar-refractivity contribution in [2.45, 2.75) is 24.8 Å². The molecule has 0 spiro atoms. The first kappa shape index (κ1) is 15.3. The van der Waals surface area contributed by atoms with Crippen LogP contribution in [-0.4, -0.2) is 22.0 Å². The van der Waals surface area contributed by atoms with Gasteiger partial charge in [-0.2, -0.15) is 0 Å². The fourth-order valence-electron chi connectivity index (χ4n) is 2.10. The molecular formula is C13H18F2N2O2S. The Morgan fingerprint density at radius 1 is 1.35 bits per heavy atom. The monoisotopic (exact) mass is 304 g/mol. The largest absolute Gasteiger partial charge is 0.315 e. The molecule has 0 bridgehead atoms. The van der Waals surface area contributed by atoms with Gasteiger partial charge in [-0.1, -0.05) is 6.92 Å². The summed E-state index contributed by atoms with van der Waals surface area (Å²) < 4.78 is 54.1. The Hall–Kier alpha value is -1.05. The molecule has 1 fully saturated rings. The Morgan fingerprint density at radius 3 is 2.55 bits per heavy atom. The van der Waals surface area contributed by atoms with Gasteiger partial charge < -0.3 is 5.32 Å². The molecule has 20 heavy (non-hydrogen) atoms. The average Bonchev–Trinajstić information content (AvgIpc) is 3.08. The second-order valence-corrected chi connectivity index (χ2v) is 6.93. The topological polar surface area (TPSA) is 58.2 Å². The highest BCUT2D eigenvalue weighted by Gasteiger charge is 2.34. The van der Waals surface area contributed by atoms with Gasteiger partial charge in [0.15, 0.2) is 5.82 Å². The molecule has 0 aromatic heterocycles. The molecule has 7 heteroatoms. The maximum absolute atomic E-state index is 14.1. The van der Waals surface area contributed by atoms with E-state index in [-0.39, 0.29) is 12.1 Å². The predicted molar refractivity (Wildman–Crippen MR) is 71.6 cm³/mol. The zero-order valence-corrected chi connectivity index (χ0v) is 12.2. The molecular weight excluding hydrogens is 286 g/mol. The Kier molecular flexibility index (Phi) is 4.41. The molecule has 2 unspecified atom stereocenters. The number of rotatable bonds is 6. The quantitative estimate of drug-likeness (QED) is 0.839. The highest BCUT2D eigenvalue weighted by Crippen LogP contribution is 2.37. The smallest absolute Gasteiger partial charge is 0.243 e. The van der Waals surface area contributed by atoms with E-state index >= 15 is 0 Å². The number of sulfonamides is 1. The summed E-state index contributed by atoms with van der Waals surface area (Å²) in [5, 5.41) is 2.62. The van der Waals surface area contributed by atoms with Crippen LogP contribution in [0, 0.1) is 23.5 Å². The minimum atomic E-state index is -3.95. The highest BCUT2D eigenvalue weighted by atomic mass is 32.2. The summed E-state index contributed by atoms with van der Waals surface area (Å²) in [6, 6.07) is 1.94. The van der Waals surface area contributed by atoms with E-state index in [1.54, 1.807) is 0 Å². The lowest BCUT2D eigenvalue weighted by atomic mass is 10.2. The summed E-state index contributed by atoms with van der Waals surface area (Å²) in [5.74, 6) is -0.983. The maximum atomic E-state index is 14.1. The van der Waals surface area contributed by atoms with E-state index in [9.17, 15) is 17.2 Å². The van der Waals surface area contributed by atoms with Crippen molar-refractivity contribution in [2.24, 2.45) is 11.8 Å². The third-order valence-corrected chi connectivity index (χ3v) is 5.05. The van der Waals surface area contributed by atoms with Gasteiger partial charge in [0.25, 0.3) is 0 Å². The fraction of sp³-hybridized carbons (Fsp3) is 0.538. The summed E-state index contributed by atoms with van der Waals surface area (Å²) in [6.45, 7) is 2.25. The Morgan fingerprint density at radius 2 is 2.00 bits per heavy atom. The van der Waals surface area contributed by atoms with E-state index in [4.69, 9.17) is 0 Å². The second kappa shape index (κ2) is 5.75. The molecule has 0 heterocycles. The molecule has 4 nitrogen and oxygen atoms in total. The standard InChI is InChI=1S/C13H18F2N2O2S/c1-8-5-9(8)6-17-20(18,19)12-4-3-11(14)10(7-16-2)13(12)15/h3-4,8-9,16-17H,5-7H2,1-2H3. The fourth-order valence-corrected chi connectivity index (χ4v) is 3.30. The molecule has 0 amide bonds. The zero-order chi connectivity index (χ0) is 14.9. The number of halogens is 2. The molecule has 1 aliphatic carbocycles. The Balaban J connectivity index is 2.24. The van der Waals surface area contributed by atoms with E-state index < -0.39 is 26.6 Å². The van der Waals surface area contributed by atoms with Gasteiger partial charge in [0.05, 0.1) is 0 Å². The van der Waals surface area contributed by atoms with Crippen LogP contribution in [0.1, 0.15) is 18.9 Å². The van der Waals surface area contributed by atoms with Crippen molar-refractivity contribution in [2.75, 3.05) is 13.6 Å². The summed E-state index contributed by atoms with van der Waals surface area (Å²) in [5.41, 5.74) is -0.268. The third-order valence-electron chi connectivity index (χ3n) is 3.61. The lowest BCUT2D eigenvalue weighted by Gasteiger charge is -2.11. The first-order valence-electron chi connectivity index (χ1n) is 6.48. The van der Waals surface area contributed by atoms with E-state index in [0.717, 1.165) is 18.6 Å². The molecule has 2 rings (SSSR count). The number of hydrogen-bond acceptors (Lipinski definition) is 3. The van der Waals surface area contributed by atoms with Crippen LogP contribution >= 0.6 is 0 Å². The van der Waals surface area contributed by atoms with Crippen LogP contribution in [0.2, 0.25) is 0 Å². The van der Waals surface area contributed by atoms with Crippen molar-refractivity contribution >= 4 is 10.0 Å². The predicted octanol–water partition coefficient (Wildman–Crippen LogP) is 1.62. The lowest BCUT2D eigenvalue weighted by Crippen LogP contribution is -2.27. The molecule has 1 aliphatic rings. The van der Waals surface area contributed by atoms with Crippen molar-refractivity contribution in [1.82, 2.24) is 10.0 Å². The van der Waals surface area contributed by atoms with Crippen LogP contribution in [0.3, 0.4) is 0 Å². The third kappa shape index (κ3) is 3.16. The van der Waals surface area contributed by atoms with Gasteiger partial charge in [0.1, 0.15) is 10.7 Å². The first-order chi connectivity index (χ1) is 9.36. The molecule has 1 aromatic carbocycles. The van der Waals surface area contributed by atoms with Gasteiger partial charge >= 0.3 is 0 Å². The molecule has 2 atom stereocenters. The summed E-state index contributed by atoms with van der Waals surface area (Å²) in [6.07, 6.45) is 0.972. The van der Waals surface area contributed by atoms with E-state index in [1.807, 2.05) is 6.92 Å². The van der Waals surface area contributed by atoms with Crippen molar-refractivity contribution in [3.05, 3.63) is 29.3 Å². The van der Waals surface area contributed by atoms with Gasteiger partial charge in [-0.05, 0) is 37.4 Å². The minimum Gasteiger partial charge on any atom is -0.315 e. The van der Waals surface area contributed by atoms with E-state index in [1.165, 1.54) is 7.05 Å². The van der Waals surface area contributed by atoms with Gasteiger partial charge in [0.2, 0.25) is 10.0 Å². The molecule has 0 saturated heterocycles. The number of benzene rings is 1. The second-order valence-electron chi connectivity index (χ2n) is 5.19. The molecule has 1 saturated carbocycles. The van der Waals surface area contributed by atoms with Crippen molar-refractivity contribution in [3.63, 3.8) is 0 Å². The normalized spacial score (nSPS) is 22.0. The Bertz CT molecular complexity index is 605. The van der Waals surface area contributed by atoms with Crippen molar-refractivity contribution < 1.29 is 17.2 Å². The van der Waals surface area contributed by atoms with Gasteiger partial charge in [-0.3, -0.25) is 0 Å². The van der Waals surface area contributed by atoms with Gasteiger partial charge in [-0.25, -0.2) is 21.9 Å². The van der Waals surface area contributed by atoms with Crippen molar-refractivity contribution in [3.8, 4) is 0 Å². The molecule has 2 N–H and O–H groups in total. The van der Waals surface area contributed by atoms with Gasteiger partial charge in [0, 0.05) is 18.7 Å². The van der Waals surface area contributed by atoms with Crippen LogP contribution in [0.25, 0.3) is 0 Å². The van der Waals surface area contributed by atoms with Gasteiger partial charge in [-0.15, -0.1) is 0 Å². The molecule has 1 aromatic rings. The lowest BCUT2D eigenvalue weighted by molar-refractivity contribution is 0.517. The first-order valence-corrected chi connectivity index (χ1v) is 7.96. The molecule has 0 radical (unpaired) electrons. The average molecular weight is 304 g/mol. The molecule has 112 valence electrons. The molecule has 0 aliphatic heterocycles. The summed E-state index contributed by atoms with van der Waals surface area (Å²) in [7, 11) is -2.41. The van der Waals surface area contributed by atoms with Crippen molar-refractivity contribution in [1.29, 1.82) is 0 Å². The maximum Gasteiger partial charge on any atom is 0.243 e. The number of nitrogens with one attached hydrogen (secondary N) is 2. The van der Waals surface area contributed by atoms with Crippen LogP contribution in [-0.2, 0) is 16.6 Å². The Labute approximate surface area is 117 Å². The number of hydrogen-bond donors (Lipinski definition) is 2. The van der Waals surface area contributed by atoms with Crippen LogP contribution in [0.4, 0.5) is 8.78 Å². The summed E-state index contributed by atoms with van der Waals surface area (Å²) in [4.78, 5) is -0.502. The minimum absolute atomic E-state index is 0.0688.